The van der Waals surface area contributed by atoms with Crippen LogP contribution in [0.1, 0.15) is 76.5 Å². The molecule has 44 heavy (non-hydrogen) atoms. The van der Waals surface area contributed by atoms with E-state index >= 15 is 0 Å². The van der Waals surface area contributed by atoms with Gasteiger partial charge in [0, 0.05) is 46.4 Å². The van der Waals surface area contributed by atoms with Gasteiger partial charge in [-0.2, -0.15) is 0 Å². The molecule has 2 aliphatic heterocycles. The summed E-state index contributed by atoms with van der Waals surface area (Å²) in [6.45, 7) is 12.6. The second-order valence-electron chi connectivity index (χ2n) is 13.1. The number of likely N-dealkylation sites (tertiary alicyclic amines) is 1. The summed E-state index contributed by atoms with van der Waals surface area (Å²) in [6.07, 6.45) is 3.17. The molecular formula is C32H49N7O5. The Bertz CT molecular complexity index is 1260. The normalized spacial score (nSPS) is 19.2. The first-order valence-electron chi connectivity index (χ1n) is 15.8. The molecule has 4 rings (SSSR count). The van der Waals surface area contributed by atoms with Crippen LogP contribution in [0.15, 0.2) is 30.3 Å². The van der Waals surface area contributed by atoms with Crippen LogP contribution in [0.3, 0.4) is 0 Å². The zero-order valence-corrected chi connectivity index (χ0v) is 27.1. The number of piperidine rings is 1. The third kappa shape index (κ3) is 8.49. The molecule has 0 saturated carbocycles. The van der Waals surface area contributed by atoms with Crippen molar-refractivity contribution >= 4 is 18.0 Å². The standard InChI is InChI=1S/C32H49N7O5/c1-23(2)20-38(29(40)28-27(15-10-11-18-43-6)39(35-34-28)24-13-8-7-9-14-24)26-19-25(37-17-12-16-33-30(37)41)21-36(22-26)31(42)44-32(3,4)5/h7-9,13-14,23,25-26H,10-12,15-22H2,1-6H3,(H,33,41)/t25-,26+/m1/s1. The van der Waals surface area contributed by atoms with E-state index in [1.165, 1.54) is 0 Å². The lowest BCUT2D eigenvalue weighted by Gasteiger charge is -2.47. The zero-order chi connectivity index (χ0) is 31.9. The van der Waals surface area contributed by atoms with Crippen LogP contribution in [0.5, 0.6) is 0 Å². The van der Waals surface area contributed by atoms with Gasteiger partial charge < -0.3 is 29.5 Å². The van der Waals surface area contributed by atoms with Crippen molar-refractivity contribution < 1.29 is 23.9 Å². The molecule has 12 nitrogen and oxygen atoms in total. The van der Waals surface area contributed by atoms with Crippen LogP contribution in [-0.2, 0) is 15.9 Å². The highest BCUT2D eigenvalue weighted by Crippen LogP contribution is 2.27. The fourth-order valence-corrected chi connectivity index (χ4v) is 5.90. The minimum absolute atomic E-state index is 0.142. The second-order valence-corrected chi connectivity index (χ2v) is 13.1. The maximum Gasteiger partial charge on any atom is 0.410 e. The average Bonchev–Trinajstić information content (AvgIpc) is 3.41. The van der Waals surface area contributed by atoms with Crippen molar-refractivity contribution in [3.63, 3.8) is 0 Å². The molecule has 3 heterocycles. The van der Waals surface area contributed by atoms with E-state index in [0.717, 1.165) is 30.6 Å². The third-order valence-electron chi connectivity index (χ3n) is 7.85. The highest BCUT2D eigenvalue weighted by atomic mass is 16.6. The lowest BCUT2D eigenvalue weighted by molar-refractivity contribution is -0.00457. The average molecular weight is 612 g/mol. The van der Waals surface area contributed by atoms with Crippen molar-refractivity contribution in [2.75, 3.05) is 46.4 Å². The topological polar surface area (TPSA) is 122 Å². The number of nitrogens with zero attached hydrogens (tertiary/aromatic N) is 6. The summed E-state index contributed by atoms with van der Waals surface area (Å²) in [7, 11) is 1.68. The molecule has 0 aliphatic carbocycles. The molecule has 2 aliphatic rings. The molecule has 2 atom stereocenters. The molecular weight excluding hydrogens is 562 g/mol. The van der Waals surface area contributed by atoms with Gasteiger partial charge in [-0.05, 0) is 70.9 Å². The van der Waals surface area contributed by atoms with Gasteiger partial charge in [0.25, 0.3) is 5.91 Å². The van der Waals surface area contributed by atoms with Crippen LogP contribution in [0.4, 0.5) is 9.59 Å². The van der Waals surface area contributed by atoms with Gasteiger partial charge in [0.05, 0.1) is 23.5 Å². The van der Waals surface area contributed by atoms with Crippen molar-refractivity contribution in [1.29, 1.82) is 0 Å². The molecule has 0 spiro atoms. The summed E-state index contributed by atoms with van der Waals surface area (Å²) in [4.78, 5) is 46.1. The van der Waals surface area contributed by atoms with Gasteiger partial charge in [-0.15, -0.1) is 5.10 Å². The van der Waals surface area contributed by atoms with Crippen LogP contribution in [0.25, 0.3) is 5.69 Å². The van der Waals surface area contributed by atoms with Crippen molar-refractivity contribution in [2.45, 2.75) is 84.4 Å². The van der Waals surface area contributed by atoms with E-state index in [2.05, 4.69) is 29.5 Å². The number of carbonyl (C=O) groups excluding carboxylic acids is 3. The number of hydrogen-bond donors (Lipinski definition) is 1. The number of para-hydroxylation sites is 1. The molecule has 2 fully saturated rings. The smallest absolute Gasteiger partial charge is 0.410 e. The number of benzene rings is 1. The lowest BCUT2D eigenvalue weighted by atomic mass is 9.96. The molecule has 1 aromatic carbocycles. The number of nitrogens with one attached hydrogen (secondary N) is 1. The first kappa shape index (κ1) is 33.2. The molecule has 2 saturated heterocycles. The summed E-state index contributed by atoms with van der Waals surface area (Å²) in [5.41, 5.74) is 1.22. The zero-order valence-electron chi connectivity index (χ0n) is 27.1. The number of aromatic nitrogens is 3. The number of amides is 4. The predicted octanol–water partition coefficient (Wildman–Crippen LogP) is 4.13. The Hall–Kier alpha value is -3.67. The Balaban J connectivity index is 1.69. The lowest BCUT2D eigenvalue weighted by Crippen LogP contribution is -2.63. The van der Waals surface area contributed by atoms with E-state index in [-0.39, 0.29) is 29.9 Å². The molecule has 2 aromatic rings. The molecule has 0 bridgehead atoms. The Labute approximate surface area is 261 Å². The maximum absolute atomic E-state index is 14.5. The van der Waals surface area contributed by atoms with Gasteiger partial charge in [-0.25, -0.2) is 14.3 Å². The van der Waals surface area contributed by atoms with E-state index in [0.29, 0.717) is 57.9 Å². The highest BCUT2D eigenvalue weighted by molar-refractivity contribution is 5.93. The number of ether oxygens (including phenoxy) is 2. The SMILES string of the molecule is COCCCCc1c(C(=O)N(CC(C)C)[C@H]2C[C@@H](N3CCCNC3=O)CN(C(=O)OC(C)(C)C)C2)nnn1-c1ccccc1. The summed E-state index contributed by atoms with van der Waals surface area (Å²) < 4.78 is 12.8. The van der Waals surface area contributed by atoms with Gasteiger partial charge in [0.2, 0.25) is 0 Å². The van der Waals surface area contributed by atoms with Gasteiger partial charge >= 0.3 is 12.1 Å². The van der Waals surface area contributed by atoms with Crippen molar-refractivity contribution in [1.82, 2.24) is 35.0 Å². The summed E-state index contributed by atoms with van der Waals surface area (Å²) in [5.74, 6) is -0.0672. The monoisotopic (exact) mass is 611 g/mol. The predicted molar refractivity (Wildman–Crippen MR) is 167 cm³/mol. The van der Waals surface area contributed by atoms with Crippen molar-refractivity contribution in [3.05, 3.63) is 41.7 Å². The minimum Gasteiger partial charge on any atom is -0.444 e. The van der Waals surface area contributed by atoms with E-state index in [1.54, 1.807) is 21.6 Å². The molecule has 242 valence electrons. The maximum atomic E-state index is 14.5. The van der Waals surface area contributed by atoms with Gasteiger partial charge in [-0.1, -0.05) is 37.3 Å². The van der Waals surface area contributed by atoms with E-state index in [9.17, 15) is 14.4 Å². The quantitative estimate of drug-likeness (QED) is 0.379. The number of unbranched alkanes of at least 4 members (excludes halogenated alkanes) is 1. The second kappa shape index (κ2) is 14.9. The first-order chi connectivity index (χ1) is 21.0. The molecule has 4 amide bonds. The van der Waals surface area contributed by atoms with Crippen LogP contribution in [0.2, 0.25) is 0 Å². The van der Waals surface area contributed by atoms with Crippen LogP contribution < -0.4 is 5.32 Å². The molecule has 1 aromatic heterocycles. The third-order valence-corrected chi connectivity index (χ3v) is 7.85. The molecule has 0 radical (unpaired) electrons. The van der Waals surface area contributed by atoms with Crippen LogP contribution >= 0.6 is 0 Å². The van der Waals surface area contributed by atoms with Gasteiger partial charge in [0.1, 0.15) is 5.60 Å². The number of carbonyl (C=O) groups is 3. The van der Waals surface area contributed by atoms with Crippen LogP contribution in [0, 0.1) is 5.92 Å². The van der Waals surface area contributed by atoms with Crippen LogP contribution in [-0.4, -0.2) is 112 Å². The van der Waals surface area contributed by atoms with Gasteiger partial charge in [-0.3, -0.25) is 4.79 Å². The Morgan fingerprint density at radius 2 is 1.89 bits per heavy atom. The largest absolute Gasteiger partial charge is 0.444 e. The highest BCUT2D eigenvalue weighted by Gasteiger charge is 2.41. The molecule has 12 heteroatoms. The van der Waals surface area contributed by atoms with Crippen molar-refractivity contribution in [3.8, 4) is 5.69 Å². The Morgan fingerprint density at radius 3 is 2.55 bits per heavy atom. The van der Waals surface area contributed by atoms with E-state index in [4.69, 9.17) is 9.47 Å². The number of rotatable bonds is 11. The first-order valence-corrected chi connectivity index (χ1v) is 15.8. The molecule has 0 unspecified atom stereocenters. The van der Waals surface area contributed by atoms with E-state index in [1.807, 2.05) is 56.0 Å². The Morgan fingerprint density at radius 1 is 1.14 bits per heavy atom. The fraction of sp³-hybridized carbons (Fsp3) is 0.656. The van der Waals surface area contributed by atoms with E-state index < -0.39 is 11.7 Å². The number of methoxy groups -OCH3 is 1. The van der Waals surface area contributed by atoms with Crippen molar-refractivity contribution in [2.24, 2.45) is 5.92 Å². The van der Waals surface area contributed by atoms with Gasteiger partial charge in [0.15, 0.2) is 5.69 Å². The molecule has 1 N–H and O–H groups in total. The fourth-order valence-electron chi connectivity index (χ4n) is 5.90. The number of urea groups is 1. The summed E-state index contributed by atoms with van der Waals surface area (Å²) in [5, 5.41) is 11.8. The Kier molecular flexibility index (Phi) is 11.2. The summed E-state index contributed by atoms with van der Waals surface area (Å²) >= 11 is 0. The minimum atomic E-state index is -0.677. The summed E-state index contributed by atoms with van der Waals surface area (Å²) in [6, 6.07) is 8.94. The number of hydrogen-bond acceptors (Lipinski definition) is 7.